The van der Waals surface area contributed by atoms with E-state index in [0.717, 1.165) is 44.2 Å². The van der Waals surface area contributed by atoms with Crippen LogP contribution in [0, 0.1) is 0 Å². The number of anilines is 3. The molecule has 2 heterocycles. The molecule has 10 aromatic rings. The Balaban J connectivity index is 1.11. The number of fused-ring (bicyclic) bond motifs is 6. The van der Waals surface area contributed by atoms with Crippen LogP contribution in [0.15, 0.2) is 187 Å². The molecule has 0 atom stereocenters. The van der Waals surface area contributed by atoms with Crippen LogP contribution in [0.5, 0.6) is 0 Å². The molecule has 0 spiro atoms. The first kappa shape index (κ1) is 28.3. The number of aromatic nitrogens is 1. The molecule has 0 N–H and O–H groups in total. The lowest BCUT2D eigenvalue weighted by atomic mass is 9.99. The minimum absolute atomic E-state index is 0.664. The monoisotopic (exact) mass is 638 g/mol. The number of hydrogen-bond donors (Lipinski definition) is 0. The van der Waals surface area contributed by atoms with Gasteiger partial charge in [0.25, 0.3) is 0 Å². The molecule has 2 aromatic heterocycles. The van der Waals surface area contributed by atoms with E-state index in [1.807, 2.05) is 6.07 Å². The third kappa shape index (κ3) is 4.87. The first-order chi connectivity index (χ1) is 24.7. The van der Waals surface area contributed by atoms with Gasteiger partial charge in [0.2, 0.25) is 5.71 Å². The normalized spacial score (nSPS) is 11.6. The summed E-state index contributed by atoms with van der Waals surface area (Å²) in [6, 6.07) is 63.2. The van der Waals surface area contributed by atoms with Crippen LogP contribution in [0.3, 0.4) is 0 Å². The van der Waals surface area contributed by atoms with E-state index < -0.39 is 0 Å². The second-order valence-electron chi connectivity index (χ2n) is 12.9. The number of hydrogen-bond acceptors (Lipinski definition) is 3. The van der Waals surface area contributed by atoms with Crippen molar-refractivity contribution in [2.75, 3.05) is 4.90 Å². The van der Waals surface area contributed by atoms with Crippen LogP contribution >= 0.6 is 0 Å². The highest BCUT2D eigenvalue weighted by molar-refractivity contribution is 6.09. The Morgan fingerprint density at radius 1 is 0.360 bits per heavy atom. The molecule has 3 nitrogen and oxygen atoms in total. The van der Waals surface area contributed by atoms with Crippen LogP contribution in [0.4, 0.5) is 17.1 Å². The van der Waals surface area contributed by atoms with Crippen molar-refractivity contribution in [3.63, 3.8) is 0 Å². The van der Waals surface area contributed by atoms with E-state index in [-0.39, 0.29) is 0 Å². The molecule has 0 fully saturated rings. The van der Waals surface area contributed by atoms with Gasteiger partial charge in [-0.3, -0.25) is 0 Å². The Labute approximate surface area is 289 Å². The first-order valence-corrected chi connectivity index (χ1v) is 16.9. The van der Waals surface area contributed by atoms with E-state index in [2.05, 4.69) is 180 Å². The summed E-state index contributed by atoms with van der Waals surface area (Å²) in [5.41, 5.74) is 9.49. The molecule has 3 heteroatoms. The number of pyridine rings is 1. The zero-order valence-electron chi connectivity index (χ0n) is 27.1. The van der Waals surface area contributed by atoms with Crippen molar-refractivity contribution < 1.29 is 4.42 Å². The quantitative estimate of drug-likeness (QED) is 0.188. The molecular weight excluding hydrogens is 609 g/mol. The van der Waals surface area contributed by atoms with Gasteiger partial charge in [-0.05, 0) is 127 Å². The number of nitrogens with zero attached hydrogens (tertiary/aromatic N) is 2. The Hall–Kier alpha value is -6.71. The van der Waals surface area contributed by atoms with Crippen molar-refractivity contribution in [3.05, 3.63) is 182 Å². The minimum Gasteiger partial charge on any atom is -0.438 e. The maximum atomic E-state index is 6.18. The summed E-state index contributed by atoms with van der Waals surface area (Å²) in [7, 11) is 0. The van der Waals surface area contributed by atoms with Crippen LogP contribution in [0.25, 0.3) is 76.6 Å². The Morgan fingerprint density at radius 2 is 0.960 bits per heavy atom. The van der Waals surface area contributed by atoms with Crippen LogP contribution in [0.1, 0.15) is 0 Å². The van der Waals surface area contributed by atoms with E-state index in [1.54, 1.807) is 6.20 Å². The number of rotatable bonds is 5. The van der Waals surface area contributed by atoms with Gasteiger partial charge in [0, 0.05) is 34.0 Å². The van der Waals surface area contributed by atoms with Gasteiger partial charge in [-0.1, -0.05) is 103 Å². The molecule has 10 rings (SSSR count). The summed E-state index contributed by atoms with van der Waals surface area (Å²) in [6.45, 7) is 0. The van der Waals surface area contributed by atoms with Gasteiger partial charge < -0.3 is 9.32 Å². The van der Waals surface area contributed by atoms with Gasteiger partial charge in [-0.25, -0.2) is 4.98 Å². The fourth-order valence-corrected chi connectivity index (χ4v) is 7.29. The third-order valence-corrected chi connectivity index (χ3v) is 9.84. The predicted octanol–water partition coefficient (Wildman–Crippen LogP) is 13.2. The molecular formula is C47H30N2O. The van der Waals surface area contributed by atoms with E-state index in [4.69, 9.17) is 4.42 Å². The molecule has 0 saturated heterocycles. The van der Waals surface area contributed by atoms with Gasteiger partial charge in [0.15, 0.2) is 0 Å². The SMILES string of the molecule is c1cc(-c2ccc3ccccc3c2)cc(N(c2ccc(-c3ccc4ccccc4c3)cc2)c2ccc3cc4c(cc3c2)oc2ncccc24)c1. The lowest BCUT2D eigenvalue weighted by Gasteiger charge is -2.26. The standard InChI is InChI=1S/C47H30N2O/c1-3-9-34-25-37(16-14-31(34)7-1)33-18-21-41(22-19-33)49(42-12-5-11-36(27-42)38-17-15-32-8-2-4-10-35(32)26-38)43-23-20-39-29-45-44-13-6-24-48-47(44)50-46(45)30-40(39)28-43/h1-30H. The van der Waals surface area contributed by atoms with Crippen molar-refractivity contribution in [3.8, 4) is 22.3 Å². The molecule has 0 aliphatic rings. The molecule has 0 bridgehead atoms. The van der Waals surface area contributed by atoms with Gasteiger partial charge >= 0.3 is 0 Å². The lowest BCUT2D eigenvalue weighted by Crippen LogP contribution is -2.10. The van der Waals surface area contributed by atoms with Crippen LogP contribution in [-0.2, 0) is 0 Å². The van der Waals surface area contributed by atoms with E-state index in [0.29, 0.717) is 5.71 Å². The fourth-order valence-electron chi connectivity index (χ4n) is 7.29. The molecule has 0 saturated carbocycles. The topological polar surface area (TPSA) is 29.3 Å². The van der Waals surface area contributed by atoms with Crippen molar-refractivity contribution in [2.24, 2.45) is 0 Å². The van der Waals surface area contributed by atoms with Gasteiger partial charge in [-0.2, -0.15) is 0 Å². The zero-order valence-corrected chi connectivity index (χ0v) is 27.1. The highest BCUT2D eigenvalue weighted by Gasteiger charge is 2.16. The average molecular weight is 639 g/mol. The Kier molecular flexibility index (Phi) is 6.49. The average Bonchev–Trinajstić information content (AvgIpc) is 3.54. The summed E-state index contributed by atoms with van der Waals surface area (Å²) in [5.74, 6) is 0. The Morgan fingerprint density at radius 3 is 1.72 bits per heavy atom. The second-order valence-corrected chi connectivity index (χ2v) is 12.9. The van der Waals surface area contributed by atoms with Crippen molar-refractivity contribution in [1.29, 1.82) is 0 Å². The second kappa shape index (κ2) is 11.5. The van der Waals surface area contributed by atoms with E-state index in [1.165, 1.54) is 43.8 Å². The van der Waals surface area contributed by atoms with Gasteiger partial charge in [0.1, 0.15) is 5.58 Å². The summed E-state index contributed by atoms with van der Waals surface area (Å²) in [5, 5.41) is 9.35. The van der Waals surface area contributed by atoms with Crippen LogP contribution in [0.2, 0.25) is 0 Å². The van der Waals surface area contributed by atoms with Crippen LogP contribution in [-0.4, -0.2) is 4.98 Å². The molecule has 50 heavy (non-hydrogen) atoms. The summed E-state index contributed by atoms with van der Waals surface area (Å²) >= 11 is 0. The third-order valence-electron chi connectivity index (χ3n) is 9.84. The van der Waals surface area contributed by atoms with Crippen molar-refractivity contribution in [1.82, 2.24) is 4.98 Å². The van der Waals surface area contributed by atoms with E-state index in [9.17, 15) is 0 Å². The smallest absolute Gasteiger partial charge is 0.227 e. The minimum atomic E-state index is 0.664. The molecule has 0 radical (unpaired) electrons. The molecule has 0 aliphatic carbocycles. The zero-order chi connectivity index (χ0) is 33.0. The summed E-state index contributed by atoms with van der Waals surface area (Å²) in [6.07, 6.45) is 1.78. The molecule has 0 amide bonds. The fraction of sp³-hybridized carbons (Fsp3) is 0. The van der Waals surface area contributed by atoms with E-state index >= 15 is 0 Å². The van der Waals surface area contributed by atoms with Crippen LogP contribution < -0.4 is 4.90 Å². The van der Waals surface area contributed by atoms with Crippen molar-refractivity contribution in [2.45, 2.75) is 0 Å². The van der Waals surface area contributed by atoms with Gasteiger partial charge in [-0.15, -0.1) is 0 Å². The maximum Gasteiger partial charge on any atom is 0.227 e. The molecule has 234 valence electrons. The predicted molar refractivity (Wildman–Crippen MR) is 210 cm³/mol. The summed E-state index contributed by atoms with van der Waals surface area (Å²) in [4.78, 5) is 6.80. The largest absolute Gasteiger partial charge is 0.438 e. The summed E-state index contributed by atoms with van der Waals surface area (Å²) < 4.78 is 6.18. The first-order valence-electron chi connectivity index (χ1n) is 16.9. The highest BCUT2D eigenvalue weighted by atomic mass is 16.3. The number of benzene rings is 8. The highest BCUT2D eigenvalue weighted by Crippen LogP contribution is 2.40. The Bertz CT molecular complexity index is 2890. The maximum absolute atomic E-state index is 6.18. The number of furan rings is 1. The molecule has 0 unspecified atom stereocenters. The molecule has 0 aliphatic heterocycles. The van der Waals surface area contributed by atoms with Gasteiger partial charge in [0.05, 0.1) is 0 Å². The van der Waals surface area contributed by atoms with Crippen molar-refractivity contribution >= 4 is 71.4 Å². The molecule has 8 aromatic carbocycles. The lowest BCUT2D eigenvalue weighted by molar-refractivity contribution is 0.654.